The van der Waals surface area contributed by atoms with E-state index in [1.54, 1.807) is 0 Å². The molecule has 0 atom stereocenters. The lowest BCUT2D eigenvalue weighted by Crippen LogP contribution is -2.05. The zero-order valence-corrected chi connectivity index (χ0v) is 15.2. The zero-order chi connectivity index (χ0) is 20.5. The number of benzene rings is 2. The van der Waals surface area contributed by atoms with Crippen LogP contribution in [-0.2, 0) is 20.8 Å². The monoisotopic (exact) mass is 410 g/mol. The molecule has 0 radical (unpaired) electrons. The van der Waals surface area contributed by atoms with Crippen molar-refractivity contribution in [2.45, 2.75) is 22.9 Å². The molecule has 0 saturated carbocycles. The Morgan fingerprint density at radius 2 is 1.75 bits per heavy atom. The van der Waals surface area contributed by atoms with Crippen LogP contribution in [-0.4, -0.2) is 24.2 Å². The summed E-state index contributed by atoms with van der Waals surface area (Å²) in [6, 6.07) is 9.53. The van der Waals surface area contributed by atoms with E-state index in [1.165, 1.54) is 49.5 Å². The Hall–Kier alpha value is -3.14. The van der Waals surface area contributed by atoms with Crippen LogP contribution in [0, 0.1) is 0 Å². The first-order valence-electron chi connectivity index (χ1n) is 7.83. The van der Waals surface area contributed by atoms with Gasteiger partial charge in [0, 0.05) is 13.1 Å². The maximum Gasteiger partial charge on any atom is 0.416 e. The van der Waals surface area contributed by atoms with Gasteiger partial charge in [-0.25, -0.2) is 13.1 Å². The van der Waals surface area contributed by atoms with Crippen molar-refractivity contribution < 1.29 is 31.1 Å². The lowest BCUT2D eigenvalue weighted by Gasteiger charge is -2.07. The second kappa shape index (κ2) is 7.12. The Morgan fingerprint density at radius 1 is 1.07 bits per heavy atom. The van der Waals surface area contributed by atoms with Crippen molar-refractivity contribution in [2.24, 2.45) is 0 Å². The van der Waals surface area contributed by atoms with E-state index in [-0.39, 0.29) is 21.2 Å². The maximum atomic E-state index is 12.8. The molecular formula is C18H13F3N2O4S. The largest absolute Gasteiger partial charge is 0.427 e. The molecule has 0 saturated heterocycles. The SMILES string of the molecule is CC(=O)Oc1cccc(S(=O)(=O)c2cnn(-c3ccc(C(F)(F)F)cc3)c2)c1. The Kier molecular flexibility index (Phi) is 4.99. The minimum absolute atomic E-state index is 0.0729. The van der Waals surface area contributed by atoms with Crippen molar-refractivity contribution in [1.82, 2.24) is 9.78 Å². The summed E-state index contributed by atoms with van der Waals surface area (Å²) in [4.78, 5) is 10.8. The number of carbonyl (C=O) groups excluding carboxylic acids is 1. The van der Waals surface area contributed by atoms with Crippen molar-refractivity contribution in [1.29, 1.82) is 0 Å². The number of aromatic nitrogens is 2. The average molecular weight is 410 g/mol. The molecule has 6 nitrogen and oxygen atoms in total. The molecule has 0 aliphatic heterocycles. The standard InChI is InChI=1S/C18H13F3N2O4S/c1-12(24)27-15-3-2-4-16(9-15)28(25,26)17-10-22-23(11-17)14-7-5-13(6-8-14)18(19,20)21/h2-11H,1H3. The number of carbonyl (C=O) groups is 1. The number of ether oxygens (including phenoxy) is 1. The van der Waals surface area contributed by atoms with Crippen LogP contribution in [0.15, 0.2) is 70.7 Å². The third-order valence-electron chi connectivity index (χ3n) is 3.71. The van der Waals surface area contributed by atoms with Crippen molar-refractivity contribution in [3.63, 3.8) is 0 Å². The molecule has 1 heterocycles. The fourth-order valence-electron chi connectivity index (χ4n) is 2.40. The smallest absolute Gasteiger partial charge is 0.416 e. The van der Waals surface area contributed by atoms with E-state index in [9.17, 15) is 26.4 Å². The van der Waals surface area contributed by atoms with Crippen LogP contribution in [0.2, 0.25) is 0 Å². The van der Waals surface area contributed by atoms with E-state index in [2.05, 4.69) is 5.10 Å². The number of hydrogen-bond donors (Lipinski definition) is 0. The Bertz CT molecular complexity index is 1120. The van der Waals surface area contributed by atoms with Crippen LogP contribution >= 0.6 is 0 Å². The highest BCUT2D eigenvalue weighted by Gasteiger charge is 2.30. The normalized spacial score (nSPS) is 12.0. The van der Waals surface area contributed by atoms with Crippen LogP contribution < -0.4 is 4.74 Å². The Labute approximate surface area is 158 Å². The van der Waals surface area contributed by atoms with Gasteiger partial charge >= 0.3 is 12.1 Å². The van der Waals surface area contributed by atoms with E-state index in [1.807, 2.05) is 0 Å². The first-order valence-corrected chi connectivity index (χ1v) is 9.31. The number of hydrogen-bond acceptors (Lipinski definition) is 5. The van der Waals surface area contributed by atoms with Crippen LogP contribution in [0.3, 0.4) is 0 Å². The summed E-state index contributed by atoms with van der Waals surface area (Å²) in [5.74, 6) is -0.520. The molecule has 2 aromatic carbocycles. The number of rotatable bonds is 4. The quantitative estimate of drug-likeness (QED) is 0.485. The molecule has 1 aromatic heterocycles. The van der Waals surface area contributed by atoms with Crippen LogP contribution in [0.4, 0.5) is 13.2 Å². The average Bonchev–Trinajstić information content (AvgIpc) is 3.12. The van der Waals surface area contributed by atoms with Gasteiger partial charge in [0.05, 0.1) is 22.3 Å². The second-order valence-corrected chi connectivity index (χ2v) is 7.69. The summed E-state index contributed by atoms with van der Waals surface area (Å²) in [5.41, 5.74) is -0.554. The van der Waals surface area contributed by atoms with Crippen LogP contribution in [0.1, 0.15) is 12.5 Å². The molecule has 0 N–H and O–H groups in total. The molecule has 0 aliphatic carbocycles. The zero-order valence-electron chi connectivity index (χ0n) is 14.3. The number of nitrogens with zero attached hydrogens (tertiary/aromatic N) is 2. The van der Waals surface area contributed by atoms with Crippen LogP contribution in [0.5, 0.6) is 5.75 Å². The summed E-state index contributed by atoms with van der Waals surface area (Å²) in [7, 11) is -3.97. The molecule has 0 bridgehead atoms. The fraction of sp³-hybridized carbons (Fsp3) is 0.111. The van der Waals surface area contributed by atoms with E-state index < -0.39 is 27.5 Å². The highest BCUT2D eigenvalue weighted by molar-refractivity contribution is 7.91. The van der Waals surface area contributed by atoms with Crippen LogP contribution in [0.25, 0.3) is 5.69 Å². The Morgan fingerprint density at radius 3 is 2.36 bits per heavy atom. The van der Waals surface area contributed by atoms with E-state index >= 15 is 0 Å². The van der Waals surface area contributed by atoms with Gasteiger partial charge in [0.1, 0.15) is 10.6 Å². The summed E-state index contributed by atoms with van der Waals surface area (Å²) in [5, 5.41) is 3.91. The first kappa shape index (κ1) is 19.6. The molecule has 146 valence electrons. The number of esters is 1. The van der Waals surface area contributed by atoms with Gasteiger partial charge in [-0.15, -0.1) is 0 Å². The van der Waals surface area contributed by atoms with Gasteiger partial charge in [-0.2, -0.15) is 18.3 Å². The van der Waals surface area contributed by atoms with Crippen molar-refractivity contribution >= 4 is 15.8 Å². The molecule has 3 rings (SSSR count). The predicted octanol–water partition coefficient (Wildman–Crippen LogP) is 3.65. The van der Waals surface area contributed by atoms with Gasteiger partial charge in [-0.3, -0.25) is 4.79 Å². The highest BCUT2D eigenvalue weighted by atomic mass is 32.2. The number of sulfone groups is 1. The van der Waals surface area contributed by atoms with Gasteiger partial charge < -0.3 is 4.74 Å². The highest BCUT2D eigenvalue weighted by Crippen LogP contribution is 2.30. The minimum Gasteiger partial charge on any atom is -0.427 e. The molecule has 0 spiro atoms. The van der Waals surface area contributed by atoms with Gasteiger partial charge in [-0.1, -0.05) is 6.07 Å². The fourth-order valence-corrected chi connectivity index (χ4v) is 3.62. The van der Waals surface area contributed by atoms with E-state index in [0.29, 0.717) is 0 Å². The first-order chi connectivity index (χ1) is 13.1. The van der Waals surface area contributed by atoms with Gasteiger partial charge in [0.2, 0.25) is 9.84 Å². The predicted molar refractivity (Wildman–Crippen MR) is 91.8 cm³/mol. The van der Waals surface area contributed by atoms with E-state index in [4.69, 9.17) is 4.74 Å². The van der Waals surface area contributed by atoms with E-state index in [0.717, 1.165) is 23.0 Å². The molecule has 0 fully saturated rings. The third kappa shape index (κ3) is 4.06. The van der Waals surface area contributed by atoms with Crippen molar-refractivity contribution in [3.05, 3.63) is 66.5 Å². The number of halogens is 3. The van der Waals surface area contributed by atoms with Gasteiger partial charge in [0.15, 0.2) is 0 Å². The third-order valence-corrected chi connectivity index (χ3v) is 5.41. The van der Waals surface area contributed by atoms with Gasteiger partial charge in [0.25, 0.3) is 0 Å². The molecule has 10 heteroatoms. The molecule has 0 unspecified atom stereocenters. The topological polar surface area (TPSA) is 78.3 Å². The minimum atomic E-state index is -4.47. The summed E-state index contributed by atoms with van der Waals surface area (Å²) >= 11 is 0. The summed E-state index contributed by atoms with van der Waals surface area (Å²) in [6.07, 6.45) is -2.19. The molecule has 3 aromatic rings. The molecular weight excluding hydrogens is 397 g/mol. The lowest BCUT2D eigenvalue weighted by atomic mass is 10.2. The lowest BCUT2D eigenvalue weighted by molar-refractivity contribution is -0.137. The van der Waals surface area contributed by atoms with Crippen molar-refractivity contribution in [2.75, 3.05) is 0 Å². The summed E-state index contributed by atoms with van der Waals surface area (Å²) < 4.78 is 69.5. The number of alkyl halides is 3. The molecule has 0 aliphatic rings. The molecule has 0 amide bonds. The summed E-state index contributed by atoms with van der Waals surface area (Å²) in [6.45, 7) is 1.19. The second-order valence-electron chi connectivity index (χ2n) is 5.74. The maximum absolute atomic E-state index is 12.8. The Balaban J connectivity index is 1.92. The molecule has 28 heavy (non-hydrogen) atoms. The van der Waals surface area contributed by atoms with Crippen molar-refractivity contribution in [3.8, 4) is 11.4 Å². The van der Waals surface area contributed by atoms with Gasteiger partial charge in [-0.05, 0) is 42.5 Å².